The van der Waals surface area contributed by atoms with Gasteiger partial charge in [-0.2, -0.15) is 0 Å². The topological polar surface area (TPSA) is 35.6 Å². The maximum absolute atomic E-state index is 4.92. The van der Waals surface area contributed by atoms with Crippen LogP contribution in [-0.4, -0.2) is 19.1 Å². The third-order valence-corrected chi connectivity index (χ3v) is 9.65. The Kier molecular flexibility index (Phi) is 5.84. The summed E-state index contributed by atoms with van der Waals surface area (Å²) in [4.78, 5) is 9.83. The van der Waals surface area contributed by atoms with E-state index in [0.717, 1.165) is 22.2 Å². The summed E-state index contributed by atoms with van der Waals surface area (Å²) in [7, 11) is 0. The lowest BCUT2D eigenvalue weighted by atomic mass is 10.0. The Labute approximate surface area is 276 Å². The molecule has 0 saturated heterocycles. The zero-order valence-electron chi connectivity index (χ0n) is 26.0. The second-order valence-electron chi connectivity index (χ2n) is 12.3. The predicted molar refractivity (Wildman–Crippen MR) is 199 cm³/mol. The monoisotopic (exact) mass is 612 g/mol. The molecule has 0 fully saturated rings. The summed E-state index contributed by atoms with van der Waals surface area (Å²) in [5.41, 5.74) is 9.05. The Balaban J connectivity index is 1.13. The molecule has 0 aliphatic carbocycles. The van der Waals surface area contributed by atoms with Crippen molar-refractivity contribution in [1.29, 1.82) is 0 Å². The van der Waals surface area contributed by atoms with E-state index in [4.69, 9.17) is 9.97 Å². The number of nitrogens with zero attached hydrogens (tertiary/aromatic N) is 4. The minimum Gasteiger partial charge on any atom is -0.316 e. The van der Waals surface area contributed by atoms with Gasteiger partial charge in [0.15, 0.2) is 0 Å². The van der Waals surface area contributed by atoms with Gasteiger partial charge in [0.05, 0.1) is 22.2 Å². The van der Waals surface area contributed by atoms with Crippen LogP contribution in [0.25, 0.3) is 88.1 Å². The first-order valence-electron chi connectivity index (χ1n) is 16.2. The van der Waals surface area contributed by atoms with Crippen LogP contribution in [0.3, 0.4) is 0 Å². The van der Waals surface area contributed by atoms with Crippen LogP contribution in [0.2, 0.25) is 0 Å². The average Bonchev–Trinajstić information content (AvgIpc) is 3.74. The van der Waals surface area contributed by atoms with Crippen molar-refractivity contribution in [3.05, 3.63) is 170 Å². The summed E-state index contributed by atoms with van der Waals surface area (Å²) in [6.07, 6.45) is 6.03. The normalized spacial score (nSPS) is 11.8. The van der Waals surface area contributed by atoms with Crippen molar-refractivity contribution in [2.45, 2.75) is 0 Å². The third kappa shape index (κ3) is 4.10. The molecule has 10 rings (SSSR count). The molecule has 10 aromatic rings. The highest BCUT2D eigenvalue weighted by Crippen LogP contribution is 2.38. The molecule has 0 aliphatic heterocycles. The van der Waals surface area contributed by atoms with Crippen LogP contribution < -0.4 is 0 Å². The maximum atomic E-state index is 4.92. The molecule has 0 radical (unpaired) electrons. The fourth-order valence-electron chi connectivity index (χ4n) is 7.33. The van der Waals surface area contributed by atoms with Gasteiger partial charge in [-0.05, 0) is 63.9 Å². The summed E-state index contributed by atoms with van der Waals surface area (Å²) < 4.78 is 4.52. The van der Waals surface area contributed by atoms with Crippen LogP contribution in [0.1, 0.15) is 0 Å². The highest BCUT2D eigenvalue weighted by Gasteiger charge is 2.18. The molecule has 3 aromatic heterocycles. The number of fused-ring (bicyclic) bond motifs is 7. The fraction of sp³-hybridized carbons (Fsp3) is 0. The quantitative estimate of drug-likeness (QED) is 0.198. The van der Waals surface area contributed by atoms with E-state index in [2.05, 4.69) is 149 Å². The van der Waals surface area contributed by atoms with Gasteiger partial charge in [0.25, 0.3) is 0 Å². The van der Waals surface area contributed by atoms with E-state index >= 15 is 0 Å². The molecule has 4 heteroatoms. The minimum absolute atomic E-state index is 0.662. The van der Waals surface area contributed by atoms with E-state index in [1.54, 1.807) is 0 Å². The summed E-state index contributed by atoms with van der Waals surface area (Å²) in [5.74, 6) is 0.662. The fourth-order valence-corrected chi connectivity index (χ4v) is 7.33. The minimum atomic E-state index is 0.662. The molecule has 4 nitrogen and oxygen atoms in total. The Morgan fingerprint density at radius 1 is 0.396 bits per heavy atom. The van der Waals surface area contributed by atoms with Gasteiger partial charge in [-0.15, -0.1) is 0 Å². The molecule has 0 atom stereocenters. The van der Waals surface area contributed by atoms with Gasteiger partial charge in [0.1, 0.15) is 0 Å². The molecule has 224 valence electrons. The molecule has 0 spiro atoms. The molecule has 7 aromatic carbocycles. The molecule has 0 saturated carbocycles. The largest absolute Gasteiger partial charge is 0.316 e. The molecule has 0 unspecified atom stereocenters. The predicted octanol–water partition coefficient (Wildman–Crippen LogP) is 11.2. The van der Waals surface area contributed by atoms with Gasteiger partial charge in [-0.3, -0.25) is 4.57 Å². The maximum Gasteiger partial charge on any atom is 0.234 e. The molecule has 0 aliphatic rings. The van der Waals surface area contributed by atoms with Gasteiger partial charge in [0, 0.05) is 51.1 Å². The molecular formula is C44H28N4. The molecule has 3 heterocycles. The highest BCUT2D eigenvalue weighted by molar-refractivity contribution is 6.19. The standard InChI is InChI=1S/C44H28N4/c1-2-9-29(10-3-1)35-27-45-44(46-28-35)48-42-22-19-33(26-39(42)38-20-17-31-12-5-7-15-37(31)43(38)48)32-18-21-40-34(25-32)23-24-47(40)41-16-8-13-30-11-4-6-14-36(30)41/h1-28H. The van der Waals surface area contributed by atoms with Crippen LogP contribution >= 0.6 is 0 Å². The van der Waals surface area contributed by atoms with E-state index < -0.39 is 0 Å². The number of rotatable bonds is 4. The number of hydrogen-bond donors (Lipinski definition) is 0. The highest BCUT2D eigenvalue weighted by atomic mass is 15.1. The van der Waals surface area contributed by atoms with Crippen LogP contribution in [0.5, 0.6) is 0 Å². The lowest BCUT2D eigenvalue weighted by Gasteiger charge is -2.10. The van der Waals surface area contributed by atoms with Crippen molar-refractivity contribution in [2.24, 2.45) is 0 Å². The molecule has 0 N–H and O–H groups in total. The van der Waals surface area contributed by atoms with Gasteiger partial charge < -0.3 is 4.57 Å². The van der Waals surface area contributed by atoms with Gasteiger partial charge >= 0.3 is 0 Å². The zero-order valence-corrected chi connectivity index (χ0v) is 26.0. The van der Waals surface area contributed by atoms with Crippen LogP contribution in [0.15, 0.2) is 170 Å². The number of benzene rings is 7. The van der Waals surface area contributed by atoms with Crippen molar-refractivity contribution in [2.75, 3.05) is 0 Å². The van der Waals surface area contributed by atoms with Crippen LogP contribution in [0.4, 0.5) is 0 Å². The molecule has 0 bridgehead atoms. The zero-order chi connectivity index (χ0) is 31.6. The lowest BCUT2D eigenvalue weighted by molar-refractivity contribution is 0.992. The molecular weight excluding hydrogens is 585 g/mol. The summed E-state index contributed by atoms with van der Waals surface area (Å²) >= 11 is 0. The van der Waals surface area contributed by atoms with Crippen LogP contribution in [0, 0.1) is 0 Å². The van der Waals surface area contributed by atoms with Crippen molar-refractivity contribution in [3.8, 4) is 33.9 Å². The summed E-state index contributed by atoms with van der Waals surface area (Å²) in [6, 6.07) is 54.1. The van der Waals surface area contributed by atoms with Crippen molar-refractivity contribution in [1.82, 2.24) is 19.1 Å². The van der Waals surface area contributed by atoms with Crippen LogP contribution in [-0.2, 0) is 0 Å². The third-order valence-electron chi connectivity index (χ3n) is 9.65. The Morgan fingerprint density at radius 2 is 1.08 bits per heavy atom. The molecule has 48 heavy (non-hydrogen) atoms. The van der Waals surface area contributed by atoms with Crippen molar-refractivity contribution >= 4 is 54.3 Å². The summed E-state index contributed by atoms with van der Waals surface area (Å²) in [5, 5.41) is 8.43. The first-order valence-corrected chi connectivity index (χ1v) is 16.2. The van der Waals surface area contributed by atoms with E-state index in [1.807, 2.05) is 30.6 Å². The molecule has 0 amide bonds. The first-order chi connectivity index (χ1) is 23.8. The first kappa shape index (κ1) is 26.7. The SMILES string of the molecule is c1ccc(-c2cnc(-n3c4ccc(-c5ccc6c(ccn6-c6cccc7ccccc67)c5)cc4c4ccc5ccccc5c43)nc2)cc1. The summed E-state index contributed by atoms with van der Waals surface area (Å²) in [6.45, 7) is 0. The van der Waals surface area contributed by atoms with Gasteiger partial charge in [-0.25, -0.2) is 9.97 Å². The van der Waals surface area contributed by atoms with Crippen molar-refractivity contribution < 1.29 is 0 Å². The second-order valence-corrected chi connectivity index (χ2v) is 12.3. The second kappa shape index (κ2) is 10.5. The number of aromatic nitrogens is 4. The van der Waals surface area contributed by atoms with Gasteiger partial charge in [0.2, 0.25) is 5.95 Å². The average molecular weight is 613 g/mol. The smallest absolute Gasteiger partial charge is 0.234 e. The lowest BCUT2D eigenvalue weighted by Crippen LogP contribution is -2.01. The Bertz CT molecular complexity index is 2820. The van der Waals surface area contributed by atoms with E-state index in [-0.39, 0.29) is 0 Å². The Morgan fingerprint density at radius 3 is 1.92 bits per heavy atom. The van der Waals surface area contributed by atoms with E-state index in [1.165, 1.54) is 60.0 Å². The van der Waals surface area contributed by atoms with E-state index in [0.29, 0.717) is 5.95 Å². The van der Waals surface area contributed by atoms with Crippen molar-refractivity contribution in [3.63, 3.8) is 0 Å². The Hall–Kier alpha value is -6.52. The van der Waals surface area contributed by atoms with Gasteiger partial charge in [-0.1, -0.05) is 115 Å². The number of hydrogen-bond acceptors (Lipinski definition) is 2. The van der Waals surface area contributed by atoms with E-state index in [9.17, 15) is 0 Å².